The summed E-state index contributed by atoms with van der Waals surface area (Å²) in [6.07, 6.45) is 8.33. The smallest absolute Gasteiger partial charge is 0.258 e. The van der Waals surface area contributed by atoms with Crippen molar-refractivity contribution in [1.29, 1.82) is 0 Å². The molecule has 3 aromatic rings. The largest absolute Gasteiger partial charge is 0.461 e. The van der Waals surface area contributed by atoms with Crippen molar-refractivity contribution in [3.05, 3.63) is 60.1 Å². The van der Waals surface area contributed by atoms with E-state index in [2.05, 4.69) is 15.6 Å². The average molecular weight is 516 g/mol. The van der Waals surface area contributed by atoms with Crippen LogP contribution in [0.25, 0.3) is 11.0 Å². The first-order valence-electron chi connectivity index (χ1n) is 13.3. The van der Waals surface area contributed by atoms with Gasteiger partial charge in [0.05, 0.1) is 0 Å². The number of hydrogen-bond donors (Lipinski definition) is 2. The van der Waals surface area contributed by atoms with Crippen molar-refractivity contribution in [3.63, 3.8) is 0 Å². The van der Waals surface area contributed by atoms with Crippen molar-refractivity contribution in [2.45, 2.75) is 57.9 Å². The van der Waals surface area contributed by atoms with Gasteiger partial charge in [0.25, 0.3) is 5.91 Å². The third-order valence-corrected chi connectivity index (χ3v) is 7.25. The molecule has 38 heavy (non-hydrogen) atoms. The second-order valence-electron chi connectivity index (χ2n) is 10.1. The molecule has 0 radical (unpaired) electrons. The van der Waals surface area contributed by atoms with Gasteiger partial charge in [-0.25, -0.2) is 4.99 Å². The SMILES string of the molecule is Cc1cc2cc(NC(=NC3CCCCC(CC(=O)N4CCCC4)C3=O)NC(=O)c3ccncc3)ccc2o1. The number of benzene rings is 1. The predicted octanol–water partition coefficient (Wildman–Crippen LogP) is 4.47. The minimum atomic E-state index is -0.644. The molecule has 2 N–H and O–H groups in total. The molecule has 2 unspecified atom stereocenters. The summed E-state index contributed by atoms with van der Waals surface area (Å²) in [6.45, 7) is 3.44. The number of ketones is 1. The van der Waals surface area contributed by atoms with E-state index in [9.17, 15) is 14.4 Å². The highest BCUT2D eigenvalue weighted by atomic mass is 16.3. The van der Waals surface area contributed by atoms with Crippen LogP contribution in [0.1, 0.15) is 61.1 Å². The number of nitrogens with zero attached hydrogens (tertiary/aromatic N) is 3. The lowest BCUT2D eigenvalue weighted by Gasteiger charge is -2.21. The molecule has 2 atom stereocenters. The number of fused-ring (bicyclic) bond motifs is 1. The maximum Gasteiger partial charge on any atom is 0.258 e. The molecule has 1 aliphatic heterocycles. The van der Waals surface area contributed by atoms with Gasteiger partial charge in [0.15, 0.2) is 5.78 Å². The number of Topliss-reactive ketones (excluding diaryl/α,β-unsaturated/α-hetero) is 1. The Balaban J connectivity index is 1.39. The minimum Gasteiger partial charge on any atom is -0.461 e. The van der Waals surface area contributed by atoms with Crippen LogP contribution in [0.4, 0.5) is 5.69 Å². The maximum atomic E-state index is 13.6. The van der Waals surface area contributed by atoms with Crippen molar-refractivity contribution in [1.82, 2.24) is 15.2 Å². The lowest BCUT2D eigenvalue weighted by atomic mass is 9.92. The van der Waals surface area contributed by atoms with Crippen LogP contribution < -0.4 is 10.6 Å². The highest BCUT2D eigenvalue weighted by Crippen LogP contribution is 2.27. The Kier molecular flexibility index (Phi) is 7.81. The molecule has 1 aromatic carbocycles. The fraction of sp³-hybridized carbons (Fsp3) is 0.414. The lowest BCUT2D eigenvalue weighted by Crippen LogP contribution is -2.39. The molecule has 9 nitrogen and oxygen atoms in total. The quantitative estimate of drug-likeness (QED) is 0.294. The molecule has 198 valence electrons. The van der Waals surface area contributed by atoms with E-state index < -0.39 is 6.04 Å². The number of guanidine groups is 1. The molecule has 5 rings (SSSR count). The maximum absolute atomic E-state index is 13.6. The standard InChI is InChI=1S/C29H33N5O4/c1-19-16-22-17-23(8-9-25(22)38-19)31-29(33-28(37)20-10-12-30-13-11-20)32-24-7-3-2-6-21(27(24)36)18-26(35)34-14-4-5-15-34/h8-13,16-17,21,24H,2-7,14-15,18H2,1H3,(H2,31,32,33,37). The fourth-order valence-corrected chi connectivity index (χ4v) is 5.25. The number of amides is 2. The number of carbonyl (C=O) groups is 3. The Morgan fingerprint density at radius 3 is 2.61 bits per heavy atom. The van der Waals surface area contributed by atoms with Crippen LogP contribution in [0, 0.1) is 12.8 Å². The van der Waals surface area contributed by atoms with Crippen LogP contribution >= 0.6 is 0 Å². The zero-order chi connectivity index (χ0) is 26.5. The Labute approximate surface area is 221 Å². The number of hydrogen-bond acceptors (Lipinski definition) is 6. The molecule has 1 saturated carbocycles. The summed E-state index contributed by atoms with van der Waals surface area (Å²) in [5.41, 5.74) is 1.89. The molecular formula is C29H33N5O4. The Hall–Kier alpha value is -4.01. The Morgan fingerprint density at radius 1 is 1.05 bits per heavy atom. The van der Waals surface area contributed by atoms with Crippen molar-refractivity contribution in [3.8, 4) is 0 Å². The molecule has 3 heterocycles. The zero-order valence-corrected chi connectivity index (χ0v) is 21.6. The van der Waals surface area contributed by atoms with Gasteiger partial charge < -0.3 is 14.6 Å². The Bertz CT molecular complexity index is 1340. The first-order chi connectivity index (χ1) is 18.5. The first-order valence-corrected chi connectivity index (χ1v) is 13.3. The number of carbonyl (C=O) groups excluding carboxylic acids is 3. The van der Waals surface area contributed by atoms with Gasteiger partial charge in [0, 0.05) is 54.5 Å². The predicted molar refractivity (Wildman–Crippen MR) is 145 cm³/mol. The molecule has 2 aliphatic rings. The van der Waals surface area contributed by atoms with Crippen LogP contribution in [-0.4, -0.2) is 52.6 Å². The molecule has 9 heteroatoms. The van der Waals surface area contributed by atoms with Gasteiger partial charge in [-0.1, -0.05) is 12.8 Å². The van der Waals surface area contributed by atoms with Crippen molar-refractivity contribution >= 4 is 40.2 Å². The Morgan fingerprint density at radius 2 is 1.82 bits per heavy atom. The number of furan rings is 1. The summed E-state index contributed by atoms with van der Waals surface area (Å²) in [6, 6.07) is 10.1. The second kappa shape index (κ2) is 11.6. The third kappa shape index (κ3) is 6.10. The van der Waals surface area contributed by atoms with E-state index in [0.717, 1.165) is 55.5 Å². The van der Waals surface area contributed by atoms with Crippen molar-refractivity contribution < 1.29 is 18.8 Å². The van der Waals surface area contributed by atoms with E-state index in [1.54, 1.807) is 24.5 Å². The number of aromatic nitrogens is 1. The number of aliphatic imine (C=N–C) groups is 1. The van der Waals surface area contributed by atoms with Crippen LogP contribution in [0.5, 0.6) is 0 Å². The monoisotopic (exact) mass is 515 g/mol. The van der Waals surface area contributed by atoms with Crippen LogP contribution in [0.3, 0.4) is 0 Å². The summed E-state index contributed by atoms with van der Waals surface area (Å²) in [7, 11) is 0. The number of aryl methyl sites for hydroxylation is 1. The van der Waals surface area contributed by atoms with Gasteiger partial charge in [-0.05, 0) is 69.0 Å². The number of pyridine rings is 1. The number of rotatable bonds is 5. The second-order valence-corrected chi connectivity index (χ2v) is 10.1. The number of nitrogens with one attached hydrogen (secondary N) is 2. The molecule has 2 aromatic heterocycles. The fourth-order valence-electron chi connectivity index (χ4n) is 5.25. The van der Waals surface area contributed by atoms with E-state index in [-0.39, 0.29) is 35.9 Å². The van der Waals surface area contributed by atoms with Crippen molar-refractivity contribution in [2.24, 2.45) is 10.9 Å². The van der Waals surface area contributed by atoms with E-state index in [0.29, 0.717) is 24.1 Å². The molecule has 2 amide bonds. The number of anilines is 1. The summed E-state index contributed by atoms with van der Waals surface area (Å²) in [5.74, 6) is 0.293. The molecule has 0 bridgehead atoms. The normalized spacial score (nSPS) is 20.4. The van der Waals surface area contributed by atoms with Crippen LogP contribution in [0.15, 0.2) is 58.2 Å². The topological polar surface area (TPSA) is 117 Å². The lowest BCUT2D eigenvalue weighted by molar-refractivity contribution is -0.135. The van der Waals surface area contributed by atoms with E-state index in [4.69, 9.17) is 9.41 Å². The van der Waals surface area contributed by atoms with Crippen LogP contribution in [0.2, 0.25) is 0 Å². The van der Waals surface area contributed by atoms with Crippen LogP contribution in [-0.2, 0) is 9.59 Å². The summed E-state index contributed by atoms with van der Waals surface area (Å²) in [4.78, 5) is 50.0. The van der Waals surface area contributed by atoms with Gasteiger partial charge >= 0.3 is 0 Å². The molecule has 2 fully saturated rings. The highest BCUT2D eigenvalue weighted by Gasteiger charge is 2.33. The van der Waals surface area contributed by atoms with Gasteiger partial charge in [0.2, 0.25) is 11.9 Å². The van der Waals surface area contributed by atoms with E-state index in [1.807, 2.05) is 36.1 Å². The summed E-state index contributed by atoms with van der Waals surface area (Å²) < 4.78 is 5.67. The van der Waals surface area contributed by atoms with Gasteiger partial charge in [0.1, 0.15) is 17.4 Å². The molecule has 1 aliphatic carbocycles. The average Bonchev–Trinajstić information content (AvgIpc) is 3.55. The third-order valence-electron chi connectivity index (χ3n) is 7.25. The molecular weight excluding hydrogens is 482 g/mol. The highest BCUT2D eigenvalue weighted by molar-refractivity contribution is 6.11. The minimum absolute atomic E-state index is 0.0339. The van der Waals surface area contributed by atoms with E-state index in [1.165, 1.54) is 0 Å². The number of likely N-dealkylation sites (tertiary alicyclic amines) is 1. The van der Waals surface area contributed by atoms with Crippen molar-refractivity contribution in [2.75, 3.05) is 18.4 Å². The molecule has 1 saturated heterocycles. The molecule has 0 spiro atoms. The van der Waals surface area contributed by atoms with Gasteiger partial charge in [-0.15, -0.1) is 0 Å². The van der Waals surface area contributed by atoms with E-state index >= 15 is 0 Å². The van der Waals surface area contributed by atoms with Gasteiger partial charge in [-0.2, -0.15) is 0 Å². The first kappa shape index (κ1) is 25.6. The zero-order valence-electron chi connectivity index (χ0n) is 21.6. The summed E-state index contributed by atoms with van der Waals surface area (Å²) in [5, 5.41) is 6.96. The summed E-state index contributed by atoms with van der Waals surface area (Å²) >= 11 is 0. The van der Waals surface area contributed by atoms with Gasteiger partial charge in [-0.3, -0.25) is 24.7 Å².